The van der Waals surface area contributed by atoms with Gasteiger partial charge >= 0.3 is 5.97 Å². The van der Waals surface area contributed by atoms with E-state index in [-0.39, 0.29) is 12.4 Å². The molecule has 1 aliphatic heterocycles. The summed E-state index contributed by atoms with van der Waals surface area (Å²) in [5.41, 5.74) is 6.35. The minimum Gasteiger partial charge on any atom is -0.469 e. The predicted octanol–water partition coefficient (Wildman–Crippen LogP) is 5.70. The van der Waals surface area contributed by atoms with Gasteiger partial charge in [0.1, 0.15) is 16.9 Å². The number of esters is 1. The summed E-state index contributed by atoms with van der Waals surface area (Å²) in [5, 5.41) is 18.9. The van der Waals surface area contributed by atoms with Gasteiger partial charge in [-0.05, 0) is 58.6 Å². The molecule has 0 bridgehead atoms. The monoisotopic (exact) mass is 545 g/mol. The highest BCUT2D eigenvalue weighted by molar-refractivity contribution is 9.11. The van der Waals surface area contributed by atoms with Crippen molar-refractivity contribution < 1.29 is 9.53 Å². The third-order valence-corrected chi connectivity index (χ3v) is 8.16. The van der Waals surface area contributed by atoms with Gasteiger partial charge in [0.05, 0.1) is 34.7 Å². The number of fused-ring (bicyclic) bond motifs is 3. The van der Waals surface area contributed by atoms with Gasteiger partial charge in [-0.3, -0.25) is 14.4 Å². The lowest BCUT2D eigenvalue weighted by Gasteiger charge is -2.12. The number of ether oxygens (including phenoxy) is 1. The van der Waals surface area contributed by atoms with E-state index in [4.69, 9.17) is 9.73 Å². The predicted molar refractivity (Wildman–Crippen MR) is 138 cm³/mol. The summed E-state index contributed by atoms with van der Waals surface area (Å²) in [6.07, 6.45) is 0.0618. The van der Waals surface area contributed by atoms with Crippen LogP contribution < -0.4 is 0 Å². The van der Waals surface area contributed by atoms with Gasteiger partial charge in [-0.25, -0.2) is 0 Å². The number of hydrogen-bond donors (Lipinski definition) is 0. The van der Waals surface area contributed by atoms with Crippen molar-refractivity contribution >= 4 is 38.9 Å². The SMILES string of the molecule is COC(=O)C[C@@H]1N=C(c2ccc(-c3cccc(C#N)c3)cc2)c2c(sc(Br)c2C)-n2c(C)nnc21. The van der Waals surface area contributed by atoms with Crippen LogP contribution in [0.3, 0.4) is 0 Å². The van der Waals surface area contributed by atoms with Crippen molar-refractivity contribution in [1.29, 1.82) is 5.26 Å². The number of carbonyl (C=O) groups is 1. The Morgan fingerprint density at radius 3 is 2.60 bits per heavy atom. The average Bonchev–Trinajstić information content (AvgIpc) is 3.36. The van der Waals surface area contributed by atoms with Crippen molar-refractivity contribution in [2.24, 2.45) is 4.99 Å². The van der Waals surface area contributed by atoms with E-state index < -0.39 is 6.04 Å². The number of nitrogens with zero attached hydrogens (tertiary/aromatic N) is 5. The van der Waals surface area contributed by atoms with Crippen LogP contribution in [0.2, 0.25) is 0 Å². The van der Waals surface area contributed by atoms with Crippen LogP contribution in [-0.2, 0) is 9.53 Å². The van der Waals surface area contributed by atoms with Crippen molar-refractivity contribution in [2.75, 3.05) is 7.11 Å². The molecule has 35 heavy (non-hydrogen) atoms. The van der Waals surface area contributed by atoms with Crippen LogP contribution >= 0.6 is 27.3 Å². The van der Waals surface area contributed by atoms with E-state index in [1.165, 1.54) is 7.11 Å². The lowest BCUT2D eigenvalue weighted by molar-refractivity contribution is -0.141. The van der Waals surface area contributed by atoms with Crippen LogP contribution in [0.1, 0.15) is 46.4 Å². The maximum Gasteiger partial charge on any atom is 0.308 e. The van der Waals surface area contributed by atoms with Crippen molar-refractivity contribution in [3.8, 4) is 22.2 Å². The average molecular weight is 546 g/mol. The Bertz CT molecular complexity index is 1530. The molecule has 2 aromatic heterocycles. The molecule has 3 heterocycles. The Labute approximate surface area is 214 Å². The van der Waals surface area contributed by atoms with Gasteiger partial charge in [0.2, 0.25) is 0 Å². The zero-order valence-electron chi connectivity index (χ0n) is 19.2. The molecule has 5 rings (SSSR count). The third-order valence-electron chi connectivity index (χ3n) is 6.01. The van der Waals surface area contributed by atoms with Crippen LogP contribution in [0.4, 0.5) is 0 Å². The van der Waals surface area contributed by atoms with E-state index in [1.807, 2.05) is 54.0 Å². The minimum absolute atomic E-state index is 0.0618. The second kappa shape index (κ2) is 9.21. The zero-order chi connectivity index (χ0) is 24.7. The maximum atomic E-state index is 12.3. The number of aromatic nitrogens is 3. The standard InChI is InChI=1S/C26H20BrN5O2S/c1-14-22-23(18-9-7-17(8-10-18)19-6-4-5-16(11-19)13-28)29-20(12-21(33)34-3)25-31-30-15(2)32(25)26(22)35-24(14)27/h4-11,20H,12H2,1-3H3/t20-/m0/s1. The van der Waals surface area contributed by atoms with E-state index in [0.29, 0.717) is 11.4 Å². The van der Waals surface area contributed by atoms with Gasteiger partial charge in [0.15, 0.2) is 5.82 Å². The van der Waals surface area contributed by atoms with Crippen molar-refractivity contribution in [2.45, 2.75) is 26.3 Å². The molecule has 7 nitrogen and oxygen atoms in total. The molecule has 0 saturated heterocycles. The van der Waals surface area contributed by atoms with Gasteiger partial charge in [-0.1, -0.05) is 36.4 Å². The van der Waals surface area contributed by atoms with E-state index in [1.54, 1.807) is 17.4 Å². The fraction of sp³-hybridized carbons (Fsp3) is 0.192. The van der Waals surface area contributed by atoms with E-state index in [2.05, 4.69) is 39.1 Å². The molecule has 1 aliphatic rings. The third kappa shape index (κ3) is 4.09. The Balaban J connectivity index is 1.67. The smallest absolute Gasteiger partial charge is 0.308 e. The summed E-state index contributed by atoms with van der Waals surface area (Å²) in [6, 6.07) is 17.3. The lowest BCUT2D eigenvalue weighted by Crippen LogP contribution is -2.12. The minimum atomic E-state index is -0.539. The van der Waals surface area contributed by atoms with Crippen molar-refractivity contribution in [3.05, 3.63) is 86.2 Å². The molecular weight excluding hydrogens is 526 g/mol. The highest BCUT2D eigenvalue weighted by Gasteiger charge is 2.32. The summed E-state index contributed by atoms with van der Waals surface area (Å²) in [4.78, 5) is 17.3. The number of hydrogen-bond acceptors (Lipinski definition) is 7. The van der Waals surface area contributed by atoms with Crippen molar-refractivity contribution in [3.63, 3.8) is 0 Å². The Morgan fingerprint density at radius 1 is 1.14 bits per heavy atom. The first kappa shape index (κ1) is 23.1. The molecule has 0 N–H and O–H groups in total. The maximum absolute atomic E-state index is 12.3. The van der Waals surface area contributed by atoms with E-state index in [9.17, 15) is 10.1 Å². The first-order valence-corrected chi connectivity index (χ1v) is 12.5. The fourth-order valence-electron chi connectivity index (χ4n) is 4.22. The lowest BCUT2D eigenvalue weighted by atomic mass is 9.97. The van der Waals surface area contributed by atoms with Crippen molar-refractivity contribution in [1.82, 2.24) is 14.8 Å². The summed E-state index contributed by atoms with van der Waals surface area (Å²) < 4.78 is 7.94. The Morgan fingerprint density at radius 2 is 1.89 bits per heavy atom. The molecule has 0 amide bonds. The highest BCUT2D eigenvalue weighted by atomic mass is 79.9. The van der Waals surface area contributed by atoms with Gasteiger partial charge in [-0.15, -0.1) is 21.5 Å². The number of methoxy groups -OCH3 is 1. The Kier molecular flexibility index (Phi) is 6.09. The van der Waals surface area contributed by atoms with Crippen LogP contribution in [0, 0.1) is 25.2 Å². The number of rotatable bonds is 4. The summed E-state index contributed by atoms with van der Waals surface area (Å²) >= 11 is 5.29. The molecule has 9 heteroatoms. The number of halogens is 1. The molecule has 2 aromatic carbocycles. The molecular formula is C26H20BrN5O2S. The highest BCUT2D eigenvalue weighted by Crippen LogP contribution is 2.42. The number of benzene rings is 2. The van der Waals surface area contributed by atoms with Crippen LogP contribution in [0.15, 0.2) is 57.3 Å². The number of aryl methyl sites for hydroxylation is 1. The molecule has 0 saturated carbocycles. The normalized spacial score (nSPS) is 14.4. The summed E-state index contributed by atoms with van der Waals surface area (Å²) in [7, 11) is 1.37. The molecule has 1 atom stereocenters. The van der Waals surface area contributed by atoms with Crippen LogP contribution in [-0.4, -0.2) is 33.6 Å². The molecule has 0 spiro atoms. The molecule has 0 aliphatic carbocycles. The Hall–Kier alpha value is -3.61. The van der Waals surface area contributed by atoms with Crippen LogP contribution in [0.25, 0.3) is 16.1 Å². The molecule has 0 radical (unpaired) electrons. The van der Waals surface area contributed by atoms with E-state index in [0.717, 1.165) is 48.1 Å². The van der Waals surface area contributed by atoms with Gasteiger partial charge < -0.3 is 4.74 Å². The van der Waals surface area contributed by atoms with Crippen LogP contribution in [0.5, 0.6) is 0 Å². The number of aliphatic imine (C=N–C) groups is 1. The topological polar surface area (TPSA) is 93.2 Å². The molecule has 0 unspecified atom stereocenters. The number of nitriles is 1. The number of carbonyl (C=O) groups excluding carboxylic acids is 1. The molecule has 174 valence electrons. The molecule has 4 aromatic rings. The summed E-state index contributed by atoms with van der Waals surface area (Å²) in [6.45, 7) is 3.95. The van der Waals surface area contributed by atoms with E-state index >= 15 is 0 Å². The van der Waals surface area contributed by atoms with Gasteiger partial charge in [-0.2, -0.15) is 5.26 Å². The van der Waals surface area contributed by atoms with Gasteiger partial charge in [0.25, 0.3) is 0 Å². The first-order chi connectivity index (χ1) is 16.9. The van der Waals surface area contributed by atoms with Gasteiger partial charge in [0, 0.05) is 11.1 Å². The largest absolute Gasteiger partial charge is 0.469 e. The number of thiophene rings is 1. The quantitative estimate of drug-likeness (QED) is 0.306. The molecule has 0 fully saturated rings. The zero-order valence-corrected chi connectivity index (χ0v) is 21.6. The second-order valence-electron chi connectivity index (χ2n) is 8.17. The summed E-state index contributed by atoms with van der Waals surface area (Å²) in [5.74, 6) is 0.984. The first-order valence-electron chi connectivity index (χ1n) is 10.9. The fourth-order valence-corrected chi connectivity index (χ4v) is 5.97. The second-order valence-corrected chi connectivity index (χ2v) is 10.5.